The van der Waals surface area contributed by atoms with E-state index in [0.29, 0.717) is 0 Å². The molecule has 2 aromatic carbocycles. The fourth-order valence-corrected chi connectivity index (χ4v) is 3.25. The fourth-order valence-electron chi connectivity index (χ4n) is 1.73. The van der Waals surface area contributed by atoms with Gasteiger partial charge in [0, 0.05) is 19.8 Å². The van der Waals surface area contributed by atoms with Crippen LogP contribution >= 0.6 is 27.7 Å². The number of carbonyl (C=O) groups excluding carboxylic acids is 1. The molecule has 0 aliphatic rings. The predicted molar refractivity (Wildman–Crippen MR) is 79.6 cm³/mol. The Labute approximate surface area is 120 Å². The van der Waals surface area contributed by atoms with Crippen LogP contribution in [0.4, 0.5) is 0 Å². The van der Waals surface area contributed by atoms with E-state index in [-0.39, 0.29) is 0 Å². The highest BCUT2D eigenvalue weighted by atomic mass is 79.9. The summed E-state index contributed by atoms with van der Waals surface area (Å²) in [6.07, 6.45) is 0.901. The smallest absolute Gasteiger partial charge is 0.151 e. The molecule has 0 saturated carbocycles. The Morgan fingerprint density at radius 2 is 1.83 bits per heavy atom. The van der Waals surface area contributed by atoms with Crippen molar-refractivity contribution in [2.24, 2.45) is 0 Å². The van der Waals surface area contributed by atoms with Gasteiger partial charge in [-0.2, -0.15) is 0 Å². The van der Waals surface area contributed by atoms with Crippen LogP contribution in [0.3, 0.4) is 0 Å². The molecule has 0 unspecified atom stereocenters. The SMILES string of the molecule is Cc1ccc(Sc2cc(Br)ccc2C=O)c(C)c1. The molecule has 0 aliphatic carbocycles. The van der Waals surface area contributed by atoms with Crippen LogP contribution < -0.4 is 0 Å². The number of rotatable bonds is 3. The zero-order valence-corrected chi connectivity index (χ0v) is 12.6. The van der Waals surface area contributed by atoms with Gasteiger partial charge in [-0.15, -0.1) is 0 Å². The zero-order chi connectivity index (χ0) is 13.1. The molecule has 0 heterocycles. The van der Waals surface area contributed by atoms with Gasteiger partial charge in [-0.05, 0) is 43.7 Å². The van der Waals surface area contributed by atoms with Crippen molar-refractivity contribution in [1.82, 2.24) is 0 Å². The first-order chi connectivity index (χ1) is 8.60. The second-order valence-corrected chi connectivity index (χ2v) is 6.17. The molecule has 0 aromatic heterocycles. The van der Waals surface area contributed by atoms with E-state index in [2.05, 4.69) is 48.0 Å². The predicted octanol–water partition coefficient (Wildman–Crippen LogP) is 5.03. The van der Waals surface area contributed by atoms with Crippen molar-refractivity contribution >= 4 is 34.0 Å². The van der Waals surface area contributed by atoms with Crippen LogP contribution in [0.25, 0.3) is 0 Å². The van der Waals surface area contributed by atoms with Crippen molar-refractivity contribution in [2.75, 3.05) is 0 Å². The van der Waals surface area contributed by atoms with E-state index in [1.807, 2.05) is 18.2 Å². The van der Waals surface area contributed by atoms with Gasteiger partial charge in [0.25, 0.3) is 0 Å². The molecular formula is C15H13BrOS. The minimum absolute atomic E-state index is 0.725. The van der Waals surface area contributed by atoms with Gasteiger partial charge >= 0.3 is 0 Å². The molecule has 0 atom stereocenters. The molecule has 0 saturated heterocycles. The van der Waals surface area contributed by atoms with Crippen LogP contribution in [-0.2, 0) is 0 Å². The van der Waals surface area contributed by atoms with Gasteiger partial charge < -0.3 is 0 Å². The van der Waals surface area contributed by atoms with Gasteiger partial charge in [0.2, 0.25) is 0 Å². The molecule has 0 N–H and O–H groups in total. The summed E-state index contributed by atoms with van der Waals surface area (Å²) in [5.41, 5.74) is 3.21. The number of halogens is 1. The molecular weight excluding hydrogens is 308 g/mol. The summed E-state index contributed by atoms with van der Waals surface area (Å²) in [6.45, 7) is 4.17. The lowest BCUT2D eigenvalue weighted by Gasteiger charge is -2.08. The summed E-state index contributed by atoms with van der Waals surface area (Å²) in [5, 5.41) is 0. The van der Waals surface area contributed by atoms with Crippen LogP contribution in [0, 0.1) is 13.8 Å². The minimum Gasteiger partial charge on any atom is -0.298 e. The van der Waals surface area contributed by atoms with Crippen molar-refractivity contribution < 1.29 is 4.79 Å². The topological polar surface area (TPSA) is 17.1 Å². The highest BCUT2D eigenvalue weighted by molar-refractivity contribution is 9.10. The average Bonchev–Trinajstić information content (AvgIpc) is 2.33. The standard InChI is InChI=1S/C15H13BrOS/c1-10-3-6-14(11(2)7-10)18-15-8-13(16)5-4-12(15)9-17/h3-9H,1-2H3. The lowest BCUT2D eigenvalue weighted by Crippen LogP contribution is -1.87. The molecule has 0 radical (unpaired) electrons. The first-order valence-corrected chi connectivity index (χ1v) is 7.21. The van der Waals surface area contributed by atoms with E-state index < -0.39 is 0 Å². The summed E-state index contributed by atoms with van der Waals surface area (Å²) in [6, 6.07) is 12.0. The van der Waals surface area contributed by atoms with E-state index in [9.17, 15) is 4.79 Å². The molecule has 0 fully saturated rings. The first-order valence-electron chi connectivity index (χ1n) is 5.60. The summed E-state index contributed by atoms with van der Waals surface area (Å²) in [4.78, 5) is 13.2. The van der Waals surface area contributed by atoms with Crippen LogP contribution in [0.15, 0.2) is 50.7 Å². The Morgan fingerprint density at radius 1 is 1.06 bits per heavy atom. The van der Waals surface area contributed by atoms with Gasteiger partial charge in [0.05, 0.1) is 0 Å². The van der Waals surface area contributed by atoms with Crippen molar-refractivity contribution in [1.29, 1.82) is 0 Å². The second kappa shape index (κ2) is 5.72. The third kappa shape index (κ3) is 3.03. The van der Waals surface area contributed by atoms with Gasteiger partial charge in [0.1, 0.15) is 0 Å². The van der Waals surface area contributed by atoms with E-state index >= 15 is 0 Å². The Balaban J connectivity index is 2.39. The number of aryl methyl sites for hydroxylation is 2. The molecule has 3 heteroatoms. The summed E-state index contributed by atoms with van der Waals surface area (Å²) in [7, 11) is 0. The van der Waals surface area contributed by atoms with Crippen LogP contribution in [0.5, 0.6) is 0 Å². The van der Waals surface area contributed by atoms with Crippen molar-refractivity contribution in [2.45, 2.75) is 23.6 Å². The fraction of sp³-hybridized carbons (Fsp3) is 0.133. The Hall–Kier alpha value is -1.06. The summed E-state index contributed by atoms with van der Waals surface area (Å²) < 4.78 is 0.986. The van der Waals surface area contributed by atoms with E-state index in [1.165, 1.54) is 16.0 Å². The van der Waals surface area contributed by atoms with Crippen LogP contribution in [-0.4, -0.2) is 6.29 Å². The molecule has 0 aliphatic heterocycles. The molecule has 0 amide bonds. The Bertz CT molecular complexity index is 593. The summed E-state index contributed by atoms with van der Waals surface area (Å²) >= 11 is 5.07. The summed E-state index contributed by atoms with van der Waals surface area (Å²) in [5.74, 6) is 0. The first kappa shape index (κ1) is 13.4. The van der Waals surface area contributed by atoms with Crippen molar-refractivity contribution in [3.8, 4) is 0 Å². The number of carbonyl (C=O) groups is 1. The molecule has 92 valence electrons. The van der Waals surface area contributed by atoms with Gasteiger partial charge in [-0.25, -0.2) is 0 Å². The monoisotopic (exact) mass is 320 g/mol. The van der Waals surface area contributed by atoms with Gasteiger partial charge in [-0.1, -0.05) is 45.4 Å². The lowest BCUT2D eigenvalue weighted by molar-refractivity contribution is 0.112. The number of hydrogen-bond donors (Lipinski definition) is 0. The molecule has 2 rings (SSSR count). The highest BCUT2D eigenvalue weighted by Gasteiger charge is 2.07. The van der Waals surface area contributed by atoms with Crippen molar-refractivity contribution in [3.05, 3.63) is 57.6 Å². The maximum absolute atomic E-state index is 11.0. The average molecular weight is 321 g/mol. The molecule has 1 nitrogen and oxygen atoms in total. The van der Waals surface area contributed by atoms with E-state index in [4.69, 9.17) is 0 Å². The molecule has 0 bridgehead atoms. The quantitative estimate of drug-likeness (QED) is 0.738. The minimum atomic E-state index is 0.725. The maximum Gasteiger partial charge on any atom is 0.151 e. The van der Waals surface area contributed by atoms with Crippen LogP contribution in [0.2, 0.25) is 0 Å². The Kier molecular flexibility index (Phi) is 4.25. The zero-order valence-electron chi connectivity index (χ0n) is 10.2. The molecule has 18 heavy (non-hydrogen) atoms. The van der Waals surface area contributed by atoms with Gasteiger partial charge in [0.15, 0.2) is 6.29 Å². The third-order valence-corrected chi connectivity index (χ3v) is 4.40. The van der Waals surface area contributed by atoms with E-state index in [1.54, 1.807) is 11.8 Å². The van der Waals surface area contributed by atoms with E-state index in [0.717, 1.165) is 21.2 Å². The number of hydrogen-bond acceptors (Lipinski definition) is 2. The lowest BCUT2D eigenvalue weighted by atomic mass is 10.2. The molecule has 2 aromatic rings. The number of aldehydes is 1. The Morgan fingerprint density at radius 3 is 2.50 bits per heavy atom. The van der Waals surface area contributed by atoms with Crippen molar-refractivity contribution in [3.63, 3.8) is 0 Å². The van der Waals surface area contributed by atoms with Gasteiger partial charge in [-0.3, -0.25) is 4.79 Å². The largest absolute Gasteiger partial charge is 0.298 e. The second-order valence-electron chi connectivity index (χ2n) is 4.17. The molecule has 0 spiro atoms. The van der Waals surface area contributed by atoms with Crippen LogP contribution in [0.1, 0.15) is 21.5 Å². The maximum atomic E-state index is 11.0. The normalized spacial score (nSPS) is 10.4. The third-order valence-electron chi connectivity index (χ3n) is 2.65. The number of benzene rings is 2. The highest BCUT2D eigenvalue weighted by Crippen LogP contribution is 2.34.